The molecule has 1 atom stereocenters. The Morgan fingerprint density at radius 2 is 1.79 bits per heavy atom. The number of carbonyl (C=O) groups is 2. The van der Waals surface area contributed by atoms with Crippen LogP contribution in [-0.4, -0.2) is 49.4 Å². The Morgan fingerprint density at radius 3 is 2.48 bits per heavy atom. The quantitative estimate of drug-likeness (QED) is 0.576. The molecule has 0 aliphatic carbocycles. The van der Waals surface area contributed by atoms with Gasteiger partial charge in [-0.1, -0.05) is 12.1 Å². The summed E-state index contributed by atoms with van der Waals surface area (Å²) in [6.45, 7) is 1.34. The number of ether oxygens (including phenoxy) is 2. The Morgan fingerprint density at radius 1 is 1.00 bits per heavy atom. The topological polar surface area (TPSA) is 93.7 Å². The van der Waals surface area contributed by atoms with Crippen molar-refractivity contribution < 1.29 is 19.1 Å². The molecule has 3 aromatic rings. The van der Waals surface area contributed by atoms with Crippen molar-refractivity contribution >= 4 is 23.4 Å². The normalized spacial score (nSPS) is 15.6. The number of piperidine rings is 1. The molecule has 0 bridgehead atoms. The minimum absolute atomic E-state index is 0.126. The fourth-order valence-electron chi connectivity index (χ4n) is 3.92. The van der Waals surface area contributed by atoms with Crippen LogP contribution in [0.1, 0.15) is 23.2 Å². The van der Waals surface area contributed by atoms with Crippen LogP contribution in [0.3, 0.4) is 0 Å². The Labute approximate surface area is 192 Å². The maximum Gasteiger partial charge on any atom is 0.339 e. The van der Waals surface area contributed by atoms with Gasteiger partial charge in [0.25, 0.3) is 0 Å². The molecule has 1 aliphatic rings. The van der Waals surface area contributed by atoms with Crippen molar-refractivity contribution in [3.63, 3.8) is 0 Å². The van der Waals surface area contributed by atoms with Gasteiger partial charge in [0.05, 0.1) is 37.1 Å². The first-order valence-corrected chi connectivity index (χ1v) is 10.8. The molecular formula is C25H26N4O4. The number of hydrogen-bond acceptors (Lipinski definition) is 7. The largest absolute Gasteiger partial charge is 0.497 e. The number of nitrogens with zero attached hydrogens (tertiary/aromatic N) is 3. The molecule has 1 N–H and O–H groups in total. The molecular weight excluding hydrogens is 420 g/mol. The third-order valence-corrected chi connectivity index (χ3v) is 5.74. The second-order valence-electron chi connectivity index (χ2n) is 7.82. The Hall–Kier alpha value is -3.94. The molecule has 1 fully saturated rings. The van der Waals surface area contributed by atoms with Gasteiger partial charge >= 0.3 is 5.97 Å². The maximum absolute atomic E-state index is 13.0. The third-order valence-electron chi connectivity index (χ3n) is 5.74. The highest BCUT2D eigenvalue weighted by atomic mass is 16.5. The van der Waals surface area contributed by atoms with E-state index in [2.05, 4.69) is 20.4 Å². The molecule has 1 amide bonds. The standard InChI is InChI=1S/C25H26N4O4/c1-32-19-11-9-17(10-12-19)21-13-14-23(28-27-21)29-15-5-6-18(16-29)24(30)26-22-8-4-3-7-20(22)25(31)33-2/h3-4,7-14,18H,5-6,15-16H2,1-2H3,(H,26,30). The molecule has 4 rings (SSSR count). The van der Waals surface area contributed by atoms with E-state index < -0.39 is 5.97 Å². The smallest absolute Gasteiger partial charge is 0.339 e. The van der Waals surface area contributed by atoms with Gasteiger partial charge in [-0.2, -0.15) is 0 Å². The maximum atomic E-state index is 13.0. The molecule has 2 heterocycles. The average molecular weight is 447 g/mol. The molecule has 33 heavy (non-hydrogen) atoms. The molecule has 8 heteroatoms. The predicted molar refractivity (Wildman–Crippen MR) is 125 cm³/mol. The van der Waals surface area contributed by atoms with Gasteiger partial charge in [-0.05, 0) is 61.4 Å². The highest BCUT2D eigenvalue weighted by molar-refractivity contribution is 6.02. The molecule has 1 aliphatic heterocycles. The molecule has 0 saturated carbocycles. The van der Waals surface area contributed by atoms with Crippen molar-refractivity contribution in [3.8, 4) is 17.0 Å². The first-order valence-electron chi connectivity index (χ1n) is 10.8. The van der Waals surface area contributed by atoms with E-state index in [9.17, 15) is 9.59 Å². The molecule has 1 unspecified atom stereocenters. The zero-order valence-electron chi connectivity index (χ0n) is 18.7. The van der Waals surface area contributed by atoms with Crippen LogP contribution in [-0.2, 0) is 9.53 Å². The number of benzene rings is 2. The predicted octanol–water partition coefficient (Wildman–Crippen LogP) is 3.79. The zero-order valence-corrected chi connectivity index (χ0v) is 18.7. The lowest BCUT2D eigenvalue weighted by molar-refractivity contribution is -0.120. The van der Waals surface area contributed by atoms with Gasteiger partial charge in [0.2, 0.25) is 5.91 Å². The SMILES string of the molecule is COC(=O)c1ccccc1NC(=O)C1CCCN(c2ccc(-c3ccc(OC)cc3)nn2)C1. The summed E-state index contributed by atoms with van der Waals surface area (Å²) in [4.78, 5) is 27.0. The van der Waals surface area contributed by atoms with Crippen LogP contribution in [0.25, 0.3) is 11.3 Å². The second kappa shape index (κ2) is 10.1. The van der Waals surface area contributed by atoms with Crippen molar-refractivity contribution in [2.75, 3.05) is 37.5 Å². The molecule has 8 nitrogen and oxygen atoms in total. The first-order chi connectivity index (χ1) is 16.1. The third kappa shape index (κ3) is 5.11. The summed E-state index contributed by atoms with van der Waals surface area (Å²) in [5.74, 6) is 0.685. The van der Waals surface area contributed by atoms with Crippen molar-refractivity contribution in [2.24, 2.45) is 5.92 Å². The monoisotopic (exact) mass is 446 g/mol. The molecule has 1 saturated heterocycles. The van der Waals surface area contributed by atoms with Crippen LogP contribution in [0.4, 0.5) is 11.5 Å². The second-order valence-corrected chi connectivity index (χ2v) is 7.82. The van der Waals surface area contributed by atoms with Crippen molar-refractivity contribution in [1.29, 1.82) is 0 Å². The van der Waals surface area contributed by atoms with Crippen LogP contribution in [0, 0.1) is 5.92 Å². The molecule has 1 aromatic heterocycles. The highest BCUT2D eigenvalue weighted by Crippen LogP contribution is 2.26. The number of rotatable bonds is 6. The van der Waals surface area contributed by atoms with E-state index >= 15 is 0 Å². The number of para-hydroxylation sites is 1. The Bertz CT molecular complexity index is 1120. The van der Waals surface area contributed by atoms with E-state index in [1.807, 2.05) is 36.4 Å². The highest BCUT2D eigenvalue weighted by Gasteiger charge is 2.27. The fraction of sp³-hybridized carbons (Fsp3) is 0.280. The van der Waals surface area contributed by atoms with Crippen LogP contribution >= 0.6 is 0 Å². The minimum atomic E-state index is -0.483. The summed E-state index contributed by atoms with van der Waals surface area (Å²) < 4.78 is 10.0. The van der Waals surface area contributed by atoms with Gasteiger partial charge < -0.3 is 19.7 Å². The van der Waals surface area contributed by atoms with E-state index in [0.717, 1.165) is 42.2 Å². The van der Waals surface area contributed by atoms with E-state index in [1.54, 1.807) is 31.4 Å². The van der Waals surface area contributed by atoms with Gasteiger partial charge in [0.1, 0.15) is 5.75 Å². The number of methoxy groups -OCH3 is 2. The summed E-state index contributed by atoms with van der Waals surface area (Å²) in [6, 6.07) is 18.4. The lowest BCUT2D eigenvalue weighted by atomic mass is 9.96. The number of nitrogens with one attached hydrogen (secondary N) is 1. The van der Waals surface area contributed by atoms with E-state index in [1.165, 1.54) is 7.11 Å². The zero-order chi connectivity index (χ0) is 23.2. The van der Waals surface area contributed by atoms with Crippen molar-refractivity contribution in [1.82, 2.24) is 10.2 Å². The van der Waals surface area contributed by atoms with Crippen LogP contribution in [0.15, 0.2) is 60.7 Å². The Balaban J connectivity index is 1.43. The van der Waals surface area contributed by atoms with Gasteiger partial charge in [-0.25, -0.2) is 4.79 Å². The van der Waals surface area contributed by atoms with Gasteiger partial charge in [0.15, 0.2) is 5.82 Å². The average Bonchev–Trinajstić information content (AvgIpc) is 2.89. The summed E-state index contributed by atoms with van der Waals surface area (Å²) in [5.41, 5.74) is 2.51. The number of amides is 1. The van der Waals surface area contributed by atoms with E-state index in [-0.39, 0.29) is 11.8 Å². The number of aromatic nitrogens is 2. The number of anilines is 2. The number of esters is 1. The molecule has 2 aromatic carbocycles. The van der Waals surface area contributed by atoms with Crippen LogP contribution in [0.2, 0.25) is 0 Å². The van der Waals surface area contributed by atoms with Crippen LogP contribution in [0.5, 0.6) is 5.75 Å². The van der Waals surface area contributed by atoms with Gasteiger partial charge in [-0.3, -0.25) is 4.79 Å². The summed E-state index contributed by atoms with van der Waals surface area (Å²) in [5, 5.41) is 11.7. The molecule has 0 radical (unpaired) electrons. The van der Waals surface area contributed by atoms with Crippen molar-refractivity contribution in [2.45, 2.75) is 12.8 Å². The summed E-state index contributed by atoms with van der Waals surface area (Å²) in [7, 11) is 2.95. The molecule has 0 spiro atoms. The van der Waals surface area contributed by atoms with Gasteiger partial charge in [-0.15, -0.1) is 10.2 Å². The van der Waals surface area contributed by atoms with Gasteiger partial charge in [0, 0.05) is 18.7 Å². The summed E-state index contributed by atoms with van der Waals surface area (Å²) in [6.07, 6.45) is 1.62. The number of carbonyl (C=O) groups excluding carboxylic acids is 2. The van der Waals surface area contributed by atoms with E-state index in [0.29, 0.717) is 17.8 Å². The number of hydrogen-bond donors (Lipinski definition) is 1. The molecule has 170 valence electrons. The fourth-order valence-corrected chi connectivity index (χ4v) is 3.92. The minimum Gasteiger partial charge on any atom is -0.497 e. The van der Waals surface area contributed by atoms with Crippen molar-refractivity contribution in [3.05, 3.63) is 66.2 Å². The van der Waals surface area contributed by atoms with E-state index in [4.69, 9.17) is 9.47 Å². The van der Waals surface area contributed by atoms with Crippen LogP contribution < -0.4 is 15.0 Å². The lowest BCUT2D eigenvalue weighted by Crippen LogP contribution is -2.41. The summed E-state index contributed by atoms with van der Waals surface area (Å²) >= 11 is 0. The first kappa shape index (κ1) is 22.3. The Kier molecular flexibility index (Phi) is 6.83. The lowest BCUT2D eigenvalue weighted by Gasteiger charge is -2.32.